The molecule has 1 aromatic rings. The van der Waals surface area contributed by atoms with E-state index in [1.165, 1.54) is 25.7 Å². The molecule has 124 valence electrons. The van der Waals surface area contributed by atoms with Gasteiger partial charge in [0.1, 0.15) is 6.61 Å². The van der Waals surface area contributed by atoms with Crippen molar-refractivity contribution in [3.05, 3.63) is 24.3 Å². The molecule has 0 aliphatic heterocycles. The normalized spacial score (nSPS) is 14.0. The van der Waals surface area contributed by atoms with Crippen molar-refractivity contribution < 1.29 is 14.3 Å². The van der Waals surface area contributed by atoms with Gasteiger partial charge in [-0.3, -0.25) is 4.79 Å². The van der Waals surface area contributed by atoms with Crippen molar-refractivity contribution in [2.75, 3.05) is 26.0 Å². The molecule has 4 nitrogen and oxygen atoms in total. The summed E-state index contributed by atoms with van der Waals surface area (Å²) >= 11 is 1.76. The van der Waals surface area contributed by atoms with Crippen LogP contribution in [0.4, 0.5) is 0 Å². The zero-order chi connectivity index (χ0) is 16.3. The average Bonchev–Trinajstić information content (AvgIpc) is 3.10. The molecule has 1 aromatic carbocycles. The van der Waals surface area contributed by atoms with Gasteiger partial charge in [0, 0.05) is 5.25 Å². The molecule has 2 rings (SSSR count). The van der Waals surface area contributed by atoms with E-state index < -0.39 is 0 Å². The van der Waals surface area contributed by atoms with E-state index in [1.807, 2.05) is 24.3 Å². The highest BCUT2D eigenvalue weighted by Crippen LogP contribution is 2.29. The minimum atomic E-state index is 0.0573. The zero-order valence-corrected chi connectivity index (χ0v) is 14.3. The number of rotatable bonds is 7. The number of thioether (sulfide) groups is 1. The van der Waals surface area contributed by atoms with E-state index in [1.54, 1.807) is 18.9 Å². The maximum absolute atomic E-state index is 11.7. The molecule has 0 saturated heterocycles. The van der Waals surface area contributed by atoms with E-state index in [0.29, 0.717) is 29.0 Å². The number of ether oxygens (including phenoxy) is 2. The van der Waals surface area contributed by atoms with Crippen LogP contribution in [0, 0.1) is 11.8 Å². The van der Waals surface area contributed by atoms with Gasteiger partial charge >= 0.3 is 0 Å². The summed E-state index contributed by atoms with van der Waals surface area (Å²) in [6, 6.07) is 7.44. The van der Waals surface area contributed by atoms with Crippen LogP contribution in [-0.2, 0) is 4.79 Å². The van der Waals surface area contributed by atoms with Crippen LogP contribution >= 0.6 is 11.8 Å². The summed E-state index contributed by atoms with van der Waals surface area (Å²) in [7, 11) is 1.60. The molecule has 1 amide bonds. The van der Waals surface area contributed by atoms with Gasteiger partial charge in [0.2, 0.25) is 5.91 Å². The van der Waals surface area contributed by atoms with Crippen LogP contribution in [0.2, 0.25) is 0 Å². The number of methoxy groups -OCH3 is 1. The SMILES string of the molecule is COc1ccccc1OCC#CCNC(=O)CSC1CCCC1. The van der Waals surface area contributed by atoms with Crippen molar-refractivity contribution in [2.45, 2.75) is 30.9 Å². The molecule has 1 fully saturated rings. The Morgan fingerprint density at radius 1 is 1.26 bits per heavy atom. The quantitative estimate of drug-likeness (QED) is 0.780. The molecule has 0 heterocycles. The molecular weight excluding hydrogens is 310 g/mol. The summed E-state index contributed by atoms with van der Waals surface area (Å²) < 4.78 is 10.7. The summed E-state index contributed by atoms with van der Waals surface area (Å²) in [4.78, 5) is 11.7. The highest BCUT2D eigenvalue weighted by molar-refractivity contribution is 8.00. The van der Waals surface area contributed by atoms with Crippen molar-refractivity contribution in [1.82, 2.24) is 5.32 Å². The monoisotopic (exact) mass is 333 g/mol. The highest BCUT2D eigenvalue weighted by Gasteiger charge is 2.16. The third kappa shape index (κ3) is 6.45. The van der Waals surface area contributed by atoms with E-state index in [9.17, 15) is 4.79 Å². The van der Waals surface area contributed by atoms with Gasteiger partial charge in [-0.1, -0.05) is 36.8 Å². The van der Waals surface area contributed by atoms with E-state index >= 15 is 0 Å². The molecule has 0 radical (unpaired) electrons. The molecule has 1 saturated carbocycles. The molecule has 0 spiro atoms. The number of para-hydroxylation sites is 2. The summed E-state index contributed by atoms with van der Waals surface area (Å²) in [6.07, 6.45) is 5.10. The number of benzene rings is 1. The maximum Gasteiger partial charge on any atom is 0.230 e. The van der Waals surface area contributed by atoms with Crippen molar-refractivity contribution >= 4 is 17.7 Å². The molecular formula is C18H23NO3S. The van der Waals surface area contributed by atoms with E-state index in [0.717, 1.165) is 0 Å². The Labute approximate surface area is 142 Å². The second-order valence-corrected chi connectivity index (χ2v) is 6.58. The minimum Gasteiger partial charge on any atom is -0.493 e. The fourth-order valence-electron chi connectivity index (χ4n) is 2.41. The topological polar surface area (TPSA) is 47.6 Å². The smallest absolute Gasteiger partial charge is 0.230 e. The Kier molecular flexibility index (Phi) is 7.68. The van der Waals surface area contributed by atoms with E-state index in [2.05, 4.69) is 17.2 Å². The van der Waals surface area contributed by atoms with Gasteiger partial charge in [-0.2, -0.15) is 0 Å². The summed E-state index contributed by atoms with van der Waals surface area (Å²) in [6.45, 7) is 0.631. The molecule has 0 aromatic heterocycles. The molecule has 5 heteroatoms. The molecule has 0 atom stereocenters. The summed E-state index contributed by atoms with van der Waals surface area (Å²) in [5.41, 5.74) is 0. The van der Waals surface area contributed by atoms with Gasteiger partial charge in [-0.15, -0.1) is 11.8 Å². The lowest BCUT2D eigenvalue weighted by Gasteiger charge is -2.07. The van der Waals surface area contributed by atoms with Gasteiger partial charge in [-0.05, 0) is 25.0 Å². The Hall–Kier alpha value is -1.80. The van der Waals surface area contributed by atoms with Crippen molar-refractivity contribution in [1.29, 1.82) is 0 Å². The third-order valence-corrected chi connectivity index (χ3v) is 4.99. The largest absolute Gasteiger partial charge is 0.493 e. The molecule has 23 heavy (non-hydrogen) atoms. The predicted molar refractivity (Wildman–Crippen MR) is 94.0 cm³/mol. The average molecular weight is 333 g/mol. The van der Waals surface area contributed by atoms with Crippen molar-refractivity contribution in [2.24, 2.45) is 0 Å². The van der Waals surface area contributed by atoms with Gasteiger partial charge in [0.15, 0.2) is 11.5 Å². The fraction of sp³-hybridized carbons (Fsp3) is 0.500. The molecule has 1 aliphatic carbocycles. The van der Waals surface area contributed by atoms with Crippen LogP contribution < -0.4 is 14.8 Å². The molecule has 0 unspecified atom stereocenters. The number of hydrogen-bond acceptors (Lipinski definition) is 4. The van der Waals surface area contributed by atoms with Crippen molar-refractivity contribution in [3.63, 3.8) is 0 Å². The summed E-state index contributed by atoms with van der Waals surface area (Å²) in [5, 5.41) is 3.48. The number of carbonyl (C=O) groups excluding carboxylic acids is 1. The lowest BCUT2D eigenvalue weighted by Crippen LogP contribution is -2.26. The number of amides is 1. The minimum absolute atomic E-state index is 0.0573. The number of nitrogens with one attached hydrogen (secondary N) is 1. The first-order valence-electron chi connectivity index (χ1n) is 7.89. The second kappa shape index (κ2) is 10.1. The standard InChI is InChI=1S/C18H23NO3S/c1-21-16-10-4-5-11-17(16)22-13-7-6-12-19-18(20)14-23-15-8-2-3-9-15/h4-5,10-11,15H,2-3,8-9,12-14H2,1H3,(H,19,20). The van der Waals surface area contributed by atoms with Gasteiger partial charge < -0.3 is 14.8 Å². The first kappa shape index (κ1) is 17.6. The maximum atomic E-state index is 11.7. The molecule has 1 N–H and O–H groups in total. The Morgan fingerprint density at radius 3 is 2.74 bits per heavy atom. The summed E-state index contributed by atoms with van der Waals surface area (Å²) in [5.74, 6) is 7.73. The fourth-order valence-corrected chi connectivity index (χ4v) is 3.56. The lowest BCUT2D eigenvalue weighted by molar-refractivity contribution is -0.118. The third-order valence-electron chi connectivity index (χ3n) is 3.62. The van der Waals surface area contributed by atoms with Gasteiger partial charge in [0.25, 0.3) is 0 Å². The van der Waals surface area contributed by atoms with Crippen LogP contribution in [0.3, 0.4) is 0 Å². The Morgan fingerprint density at radius 2 is 2.00 bits per heavy atom. The van der Waals surface area contributed by atoms with E-state index in [-0.39, 0.29) is 12.5 Å². The zero-order valence-electron chi connectivity index (χ0n) is 13.5. The molecule has 0 bridgehead atoms. The van der Waals surface area contributed by atoms with Gasteiger partial charge in [0.05, 0.1) is 19.4 Å². The first-order chi connectivity index (χ1) is 11.3. The van der Waals surface area contributed by atoms with Crippen LogP contribution in [0.15, 0.2) is 24.3 Å². The van der Waals surface area contributed by atoms with Gasteiger partial charge in [-0.25, -0.2) is 0 Å². The van der Waals surface area contributed by atoms with Crippen molar-refractivity contribution in [3.8, 4) is 23.3 Å². The number of carbonyl (C=O) groups is 1. The lowest BCUT2D eigenvalue weighted by atomic mass is 10.3. The van der Waals surface area contributed by atoms with Crippen LogP contribution in [0.1, 0.15) is 25.7 Å². The van der Waals surface area contributed by atoms with E-state index in [4.69, 9.17) is 9.47 Å². The number of hydrogen-bond donors (Lipinski definition) is 1. The molecule has 1 aliphatic rings. The van der Waals surface area contributed by atoms with Crippen LogP contribution in [0.25, 0.3) is 0 Å². The predicted octanol–water partition coefficient (Wildman–Crippen LogP) is 2.87. The Bertz CT molecular complexity index is 559. The van der Waals surface area contributed by atoms with Crippen LogP contribution in [-0.4, -0.2) is 37.2 Å². The van der Waals surface area contributed by atoms with Crippen LogP contribution in [0.5, 0.6) is 11.5 Å². The highest BCUT2D eigenvalue weighted by atomic mass is 32.2. The first-order valence-corrected chi connectivity index (χ1v) is 8.94. The Balaban J connectivity index is 1.59. The second-order valence-electron chi connectivity index (χ2n) is 5.29.